The number of carbonyl (C=O) groups excluding carboxylic acids is 1. The molecule has 1 fully saturated rings. The lowest BCUT2D eigenvalue weighted by atomic mass is 10.0. The predicted molar refractivity (Wildman–Crippen MR) is 128 cm³/mol. The van der Waals surface area contributed by atoms with Crippen LogP contribution in [0, 0.1) is 6.92 Å². The lowest BCUT2D eigenvalue weighted by Crippen LogP contribution is -2.43. The van der Waals surface area contributed by atoms with Crippen molar-refractivity contribution < 1.29 is 27.4 Å². The summed E-state index contributed by atoms with van der Waals surface area (Å²) in [6, 6.07) is 11.0. The Hall–Kier alpha value is -2.74. The summed E-state index contributed by atoms with van der Waals surface area (Å²) in [7, 11) is -0.0479. The molecule has 1 atom stereocenters. The molecule has 1 aliphatic heterocycles. The van der Waals surface area contributed by atoms with E-state index in [4.69, 9.17) is 14.2 Å². The van der Waals surface area contributed by atoms with Crippen molar-refractivity contribution in [3.63, 3.8) is 0 Å². The molecule has 1 aliphatic rings. The van der Waals surface area contributed by atoms with Gasteiger partial charge in [0, 0.05) is 12.6 Å². The van der Waals surface area contributed by atoms with Crippen LogP contribution in [0.25, 0.3) is 0 Å². The van der Waals surface area contributed by atoms with Gasteiger partial charge < -0.3 is 19.1 Å². The van der Waals surface area contributed by atoms with E-state index in [2.05, 4.69) is 13.8 Å². The maximum absolute atomic E-state index is 13.3. The van der Waals surface area contributed by atoms with Gasteiger partial charge in [0.05, 0.1) is 25.7 Å². The van der Waals surface area contributed by atoms with Gasteiger partial charge in [-0.25, -0.2) is 8.42 Å². The van der Waals surface area contributed by atoms with Crippen LogP contribution in [0.2, 0.25) is 0 Å². The highest BCUT2D eigenvalue weighted by molar-refractivity contribution is 7.91. The maximum Gasteiger partial charge on any atom is 0.261 e. The van der Waals surface area contributed by atoms with Gasteiger partial charge in [-0.15, -0.1) is 0 Å². The van der Waals surface area contributed by atoms with E-state index < -0.39 is 9.84 Å². The molecule has 8 heteroatoms. The smallest absolute Gasteiger partial charge is 0.261 e. The van der Waals surface area contributed by atoms with Crippen LogP contribution in [0.4, 0.5) is 0 Å². The van der Waals surface area contributed by atoms with Crippen molar-refractivity contribution in [3.05, 3.63) is 53.1 Å². The molecule has 180 valence electrons. The average molecular weight is 476 g/mol. The molecule has 0 radical (unpaired) electrons. The van der Waals surface area contributed by atoms with Gasteiger partial charge in [0.2, 0.25) is 0 Å². The number of carbonyl (C=O) groups is 1. The Morgan fingerprint density at radius 3 is 2.39 bits per heavy atom. The van der Waals surface area contributed by atoms with Crippen LogP contribution in [0.5, 0.6) is 17.2 Å². The highest BCUT2D eigenvalue weighted by Gasteiger charge is 2.35. The first-order chi connectivity index (χ1) is 15.6. The lowest BCUT2D eigenvalue weighted by Gasteiger charge is -2.29. The first-order valence-corrected chi connectivity index (χ1v) is 12.9. The minimum atomic E-state index is -3.16. The molecule has 0 aliphatic carbocycles. The topological polar surface area (TPSA) is 82.1 Å². The third-order valence-corrected chi connectivity index (χ3v) is 7.66. The molecule has 3 rings (SSSR count). The van der Waals surface area contributed by atoms with Crippen molar-refractivity contribution in [2.24, 2.45) is 0 Å². The molecular weight excluding hydrogens is 442 g/mol. The van der Waals surface area contributed by atoms with Gasteiger partial charge in [0.1, 0.15) is 5.75 Å². The number of hydrogen-bond acceptors (Lipinski definition) is 6. The van der Waals surface area contributed by atoms with E-state index in [1.807, 2.05) is 31.2 Å². The van der Waals surface area contributed by atoms with E-state index in [1.54, 1.807) is 31.3 Å². The second-order valence-corrected chi connectivity index (χ2v) is 11.0. The van der Waals surface area contributed by atoms with Gasteiger partial charge in [-0.3, -0.25) is 4.79 Å². The molecule has 0 bridgehead atoms. The molecule has 7 nitrogen and oxygen atoms in total. The number of hydrogen-bond donors (Lipinski definition) is 0. The Morgan fingerprint density at radius 2 is 1.79 bits per heavy atom. The number of sulfone groups is 1. The summed E-state index contributed by atoms with van der Waals surface area (Å²) < 4.78 is 40.9. The third kappa shape index (κ3) is 6.19. The zero-order chi connectivity index (χ0) is 24.2. The number of aryl methyl sites for hydroxylation is 1. The van der Waals surface area contributed by atoms with Crippen molar-refractivity contribution in [1.82, 2.24) is 4.90 Å². The molecule has 1 unspecified atom stereocenters. The zero-order valence-corrected chi connectivity index (χ0v) is 20.8. The number of rotatable bonds is 9. The molecule has 1 amide bonds. The molecule has 0 N–H and O–H groups in total. The summed E-state index contributed by atoms with van der Waals surface area (Å²) in [4.78, 5) is 14.9. The van der Waals surface area contributed by atoms with Crippen LogP contribution in [-0.2, 0) is 21.2 Å². The minimum absolute atomic E-state index is 0.0340. The molecule has 1 saturated heterocycles. The van der Waals surface area contributed by atoms with Crippen molar-refractivity contribution in [1.29, 1.82) is 0 Å². The van der Waals surface area contributed by atoms with E-state index in [1.165, 1.54) is 0 Å². The zero-order valence-electron chi connectivity index (χ0n) is 20.0. The SMILES string of the molecule is COc1ccc(CN(C(=O)COc2cc(C)ccc2C(C)C)C2CCS(=O)(=O)C2)cc1OC. The Labute approximate surface area is 196 Å². The quantitative estimate of drug-likeness (QED) is 0.550. The number of amides is 1. The van der Waals surface area contributed by atoms with E-state index in [0.29, 0.717) is 23.7 Å². The number of benzene rings is 2. The van der Waals surface area contributed by atoms with Gasteiger partial charge in [0.25, 0.3) is 5.91 Å². The van der Waals surface area contributed by atoms with Crippen molar-refractivity contribution in [2.45, 2.75) is 45.7 Å². The summed E-state index contributed by atoms with van der Waals surface area (Å²) in [6.07, 6.45) is 0.420. The summed E-state index contributed by atoms with van der Waals surface area (Å²) in [5, 5.41) is 0. The van der Waals surface area contributed by atoms with Gasteiger partial charge in [-0.05, 0) is 54.2 Å². The number of ether oxygens (including phenoxy) is 3. The summed E-state index contributed by atoms with van der Waals surface area (Å²) in [5.41, 5.74) is 2.90. The largest absolute Gasteiger partial charge is 0.493 e. The summed E-state index contributed by atoms with van der Waals surface area (Å²) >= 11 is 0. The summed E-state index contributed by atoms with van der Waals surface area (Å²) in [5.74, 6) is 1.88. The van der Waals surface area contributed by atoms with Crippen LogP contribution in [-0.4, -0.2) is 57.6 Å². The first kappa shape index (κ1) is 24.9. The van der Waals surface area contributed by atoms with Crippen molar-refractivity contribution >= 4 is 15.7 Å². The van der Waals surface area contributed by atoms with Crippen LogP contribution >= 0.6 is 0 Å². The minimum Gasteiger partial charge on any atom is -0.493 e. The van der Waals surface area contributed by atoms with E-state index in [-0.39, 0.29) is 42.5 Å². The van der Waals surface area contributed by atoms with Crippen LogP contribution < -0.4 is 14.2 Å². The Morgan fingerprint density at radius 1 is 1.06 bits per heavy atom. The maximum atomic E-state index is 13.3. The second-order valence-electron chi connectivity index (χ2n) is 8.75. The molecule has 0 saturated carbocycles. The molecule has 0 aromatic heterocycles. The molecule has 1 heterocycles. The van der Waals surface area contributed by atoms with E-state index in [9.17, 15) is 13.2 Å². The number of methoxy groups -OCH3 is 2. The van der Waals surface area contributed by atoms with Crippen molar-refractivity contribution in [2.75, 3.05) is 32.3 Å². The molecule has 0 spiro atoms. The molecule has 33 heavy (non-hydrogen) atoms. The highest BCUT2D eigenvalue weighted by Crippen LogP contribution is 2.30. The van der Waals surface area contributed by atoms with E-state index in [0.717, 1.165) is 16.7 Å². The predicted octanol–water partition coefficient (Wildman–Crippen LogP) is 3.73. The molecule has 2 aromatic rings. The van der Waals surface area contributed by atoms with Crippen LogP contribution in [0.15, 0.2) is 36.4 Å². The fourth-order valence-corrected chi connectivity index (χ4v) is 5.81. The van der Waals surface area contributed by atoms with Crippen molar-refractivity contribution in [3.8, 4) is 17.2 Å². The highest BCUT2D eigenvalue weighted by atomic mass is 32.2. The fraction of sp³-hybridized carbons (Fsp3) is 0.480. The fourth-order valence-electron chi connectivity index (χ4n) is 4.08. The monoisotopic (exact) mass is 475 g/mol. The van der Waals surface area contributed by atoms with Crippen LogP contribution in [0.3, 0.4) is 0 Å². The number of nitrogens with zero attached hydrogens (tertiary/aromatic N) is 1. The van der Waals surface area contributed by atoms with E-state index >= 15 is 0 Å². The van der Waals surface area contributed by atoms with Gasteiger partial charge in [0.15, 0.2) is 27.9 Å². The lowest BCUT2D eigenvalue weighted by molar-refractivity contribution is -0.136. The first-order valence-electron chi connectivity index (χ1n) is 11.1. The Bertz CT molecular complexity index is 1100. The Balaban J connectivity index is 1.83. The Kier molecular flexibility index (Phi) is 7.89. The summed E-state index contributed by atoms with van der Waals surface area (Å²) in [6.45, 7) is 6.23. The van der Waals surface area contributed by atoms with Gasteiger partial charge in [-0.1, -0.05) is 32.0 Å². The normalized spacial score (nSPS) is 17.1. The molecule has 2 aromatic carbocycles. The molecular formula is C25H33NO6S. The standard InChI is InChI=1S/C25H33NO6S/c1-17(2)21-8-6-18(3)12-23(21)32-15-25(27)26(20-10-11-33(28,29)16-20)14-19-7-9-22(30-4)24(13-19)31-5/h6-9,12-13,17,20H,10-11,14-16H2,1-5H3. The second kappa shape index (κ2) is 10.5. The van der Waals surface area contributed by atoms with Gasteiger partial charge in [-0.2, -0.15) is 0 Å². The van der Waals surface area contributed by atoms with Crippen LogP contribution in [0.1, 0.15) is 42.9 Å². The third-order valence-electron chi connectivity index (χ3n) is 5.91. The average Bonchev–Trinajstić information content (AvgIpc) is 3.14. The van der Waals surface area contributed by atoms with Gasteiger partial charge >= 0.3 is 0 Å².